The number of nitro benzene ring substituents is 1. The maximum atomic E-state index is 12.9. The third-order valence-corrected chi connectivity index (χ3v) is 4.65. The van der Waals surface area contributed by atoms with Crippen LogP contribution in [0.2, 0.25) is 0 Å². The highest BCUT2D eigenvalue weighted by Gasteiger charge is 2.37. The molecular formula is C20H19N3O8. The fourth-order valence-corrected chi connectivity index (χ4v) is 3.12. The van der Waals surface area contributed by atoms with Crippen LogP contribution in [0.25, 0.3) is 0 Å². The Bertz CT molecular complexity index is 1080. The fourth-order valence-electron chi connectivity index (χ4n) is 3.12. The fraction of sp³-hybridized carbons (Fsp3) is 0.200. The zero-order valence-electron chi connectivity index (χ0n) is 16.5. The molecule has 2 amide bonds. The maximum Gasteiger partial charge on any atom is 0.338 e. The summed E-state index contributed by atoms with van der Waals surface area (Å²) in [4.78, 5) is 35.5. The number of nitro groups is 1. The molecule has 0 radical (unpaired) electrons. The Morgan fingerprint density at radius 2 is 1.84 bits per heavy atom. The molecule has 1 unspecified atom stereocenters. The normalized spacial score (nSPS) is 15.7. The van der Waals surface area contributed by atoms with E-state index in [-0.39, 0.29) is 23.4 Å². The Balaban J connectivity index is 1.94. The Hall–Kier alpha value is -4.28. The van der Waals surface area contributed by atoms with Gasteiger partial charge in [-0.25, -0.2) is 9.59 Å². The molecule has 31 heavy (non-hydrogen) atoms. The molecule has 2 aromatic rings. The van der Waals surface area contributed by atoms with Gasteiger partial charge in [0.05, 0.1) is 35.3 Å². The van der Waals surface area contributed by atoms with Crippen LogP contribution >= 0.6 is 0 Å². The van der Waals surface area contributed by atoms with Crippen molar-refractivity contribution in [3.05, 3.63) is 68.9 Å². The quantitative estimate of drug-likeness (QED) is 0.236. The van der Waals surface area contributed by atoms with Crippen molar-refractivity contribution in [1.82, 2.24) is 10.6 Å². The van der Waals surface area contributed by atoms with Crippen LogP contribution in [0, 0.1) is 10.1 Å². The first-order valence-corrected chi connectivity index (χ1v) is 9.00. The molecule has 0 bridgehead atoms. The van der Waals surface area contributed by atoms with E-state index in [1.54, 1.807) is 24.3 Å². The summed E-state index contributed by atoms with van der Waals surface area (Å²) in [5.41, 5.74) is -0.0525. The lowest BCUT2D eigenvalue weighted by Gasteiger charge is -2.28. The average molecular weight is 429 g/mol. The van der Waals surface area contributed by atoms with Gasteiger partial charge in [0, 0.05) is 5.70 Å². The van der Waals surface area contributed by atoms with Crippen LogP contribution in [0.3, 0.4) is 0 Å². The second kappa shape index (κ2) is 8.61. The summed E-state index contributed by atoms with van der Waals surface area (Å²) in [6, 6.07) is 6.48. The van der Waals surface area contributed by atoms with Gasteiger partial charge in [-0.2, -0.15) is 0 Å². The Morgan fingerprint density at radius 1 is 1.19 bits per heavy atom. The maximum absolute atomic E-state index is 12.9. The predicted molar refractivity (Wildman–Crippen MR) is 106 cm³/mol. The number of carbonyl (C=O) groups excluding carboxylic acids is 2. The van der Waals surface area contributed by atoms with E-state index in [2.05, 4.69) is 10.6 Å². The lowest BCUT2D eigenvalue weighted by Crippen LogP contribution is -2.45. The van der Waals surface area contributed by atoms with Crippen LogP contribution in [0.15, 0.2) is 47.7 Å². The van der Waals surface area contributed by atoms with Gasteiger partial charge in [-0.15, -0.1) is 0 Å². The Kier molecular flexibility index (Phi) is 5.95. The molecule has 1 atom stereocenters. The summed E-state index contributed by atoms with van der Waals surface area (Å²) in [6.45, 7) is 1.35. The molecule has 0 saturated heterocycles. The Labute approximate surface area is 176 Å². The number of phenols is 2. The topological polar surface area (TPSA) is 160 Å². The zero-order valence-corrected chi connectivity index (χ0v) is 16.5. The molecule has 0 aliphatic carbocycles. The van der Waals surface area contributed by atoms with Gasteiger partial charge in [-0.1, -0.05) is 12.1 Å². The van der Waals surface area contributed by atoms with Gasteiger partial charge < -0.3 is 30.3 Å². The van der Waals surface area contributed by atoms with E-state index in [1.165, 1.54) is 14.0 Å². The molecular weight excluding hydrogens is 410 g/mol. The van der Waals surface area contributed by atoms with Crippen molar-refractivity contribution < 1.29 is 34.2 Å². The number of benzene rings is 2. The molecule has 4 N–H and O–H groups in total. The molecule has 1 aliphatic heterocycles. The standard InChI is InChI=1S/C20H19N3O8/c1-10-17(19(26)31-9-11-3-5-12(30-2)6-4-11)18(22-20(27)21-10)13-7-15(24)16(25)8-14(13)23(28)29/h3-8,18,24-25H,9H2,1-2H3,(H2,21,22,27). The molecule has 0 spiro atoms. The average Bonchev–Trinajstić information content (AvgIpc) is 2.73. The van der Waals surface area contributed by atoms with E-state index in [0.717, 1.165) is 12.1 Å². The summed E-state index contributed by atoms with van der Waals surface area (Å²) in [6.07, 6.45) is 0. The molecule has 11 heteroatoms. The predicted octanol–water partition coefficient (Wildman–Crippen LogP) is 2.39. The number of urea groups is 1. The second-order valence-electron chi connectivity index (χ2n) is 6.65. The summed E-state index contributed by atoms with van der Waals surface area (Å²) < 4.78 is 10.4. The van der Waals surface area contributed by atoms with E-state index in [4.69, 9.17) is 9.47 Å². The van der Waals surface area contributed by atoms with Gasteiger partial charge in [0.2, 0.25) is 0 Å². The number of rotatable bonds is 6. The second-order valence-corrected chi connectivity index (χ2v) is 6.65. The highest BCUT2D eigenvalue weighted by molar-refractivity contribution is 5.95. The molecule has 3 rings (SSSR count). The van der Waals surface area contributed by atoms with Crippen LogP contribution in [-0.2, 0) is 16.1 Å². The number of carbonyl (C=O) groups is 2. The molecule has 162 valence electrons. The molecule has 0 fully saturated rings. The van der Waals surface area contributed by atoms with Gasteiger partial charge in [0.25, 0.3) is 5.69 Å². The van der Waals surface area contributed by atoms with Crippen LogP contribution < -0.4 is 15.4 Å². The van der Waals surface area contributed by atoms with E-state index in [0.29, 0.717) is 11.3 Å². The van der Waals surface area contributed by atoms with E-state index in [9.17, 15) is 29.9 Å². The largest absolute Gasteiger partial charge is 0.504 e. The summed E-state index contributed by atoms with van der Waals surface area (Å²) >= 11 is 0. The van der Waals surface area contributed by atoms with Gasteiger partial charge in [0.1, 0.15) is 12.4 Å². The number of nitrogens with one attached hydrogen (secondary N) is 2. The highest BCUT2D eigenvalue weighted by Crippen LogP contribution is 2.39. The summed E-state index contributed by atoms with van der Waals surface area (Å²) in [5.74, 6) is -1.54. The number of hydrogen-bond donors (Lipinski definition) is 4. The molecule has 0 saturated carbocycles. The lowest BCUT2D eigenvalue weighted by atomic mass is 9.94. The van der Waals surface area contributed by atoms with Crippen molar-refractivity contribution in [1.29, 1.82) is 0 Å². The highest BCUT2D eigenvalue weighted by atomic mass is 16.6. The lowest BCUT2D eigenvalue weighted by molar-refractivity contribution is -0.385. The molecule has 11 nitrogen and oxygen atoms in total. The van der Waals surface area contributed by atoms with Gasteiger partial charge in [-0.05, 0) is 30.7 Å². The number of ether oxygens (including phenoxy) is 2. The zero-order chi connectivity index (χ0) is 22.7. The smallest absolute Gasteiger partial charge is 0.338 e. The third-order valence-electron chi connectivity index (χ3n) is 4.65. The van der Waals surface area contributed by atoms with Crippen LogP contribution in [0.1, 0.15) is 24.1 Å². The van der Waals surface area contributed by atoms with Crippen molar-refractivity contribution in [3.8, 4) is 17.2 Å². The third kappa shape index (κ3) is 4.50. The van der Waals surface area contributed by atoms with E-state index in [1.807, 2.05) is 0 Å². The van der Waals surface area contributed by atoms with Crippen LogP contribution in [0.4, 0.5) is 10.5 Å². The number of allylic oxidation sites excluding steroid dienone is 1. The monoisotopic (exact) mass is 429 g/mol. The first-order valence-electron chi connectivity index (χ1n) is 9.00. The SMILES string of the molecule is COc1ccc(COC(=O)C2=C(C)NC(=O)NC2c2cc(O)c(O)cc2[N+](=O)[O-])cc1. The summed E-state index contributed by atoms with van der Waals surface area (Å²) in [5, 5.41) is 35.8. The van der Waals surface area contributed by atoms with Crippen molar-refractivity contribution >= 4 is 17.7 Å². The van der Waals surface area contributed by atoms with Crippen molar-refractivity contribution in [2.24, 2.45) is 0 Å². The number of hydrogen-bond acceptors (Lipinski definition) is 8. The number of esters is 1. The molecule has 1 heterocycles. The van der Waals surface area contributed by atoms with E-state index >= 15 is 0 Å². The number of nitrogens with zero attached hydrogens (tertiary/aromatic N) is 1. The number of phenolic OH excluding ortho intramolecular Hbond substituents is 2. The van der Waals surface area contributed by atoms with Gasteiger partial charge in [-0.3, -0.25) is 10.1 Å². The van der Waals surface area contributed by atoms with Crippen molar-refractivity contribution in [2.75, 3.05) is 7.11 Å². The minimum atomic E-state index is -1.29. The van der Waals surface area contributed by atoms with Crippen molar-refractivity contribution in [2.45, 2.75) is 19.6 Å². The minimum absolute atomic E-state index is 0.0821. The van der Waals surface area contributed by atoms with Crippen LogP contribution in [0.5, 0.6) is 17.2 Å². The summed E-state index contributed by atoms with van der Waals surface area (Å²) in [7, 11) is 1.52. The first kappa shape index (κ1) is 21.4. The van der Waals surface area contributed by atoms with Crippen molar-refractivity contribution in [3.63, 3.8) is 0 Å². The molecule has 1 aliphatic rings. The Morgan fingerprint density at radius 3 is 2.45 bits per heavy atom. The molecule has 2 aromatic carbocycles. The number of amides is 2. The van der Waals surface area contributed by atoms with Gasteiger partial charge in [0.15, 0.2) is 11.5 Å². The van der Waals surface area contributed by atoms with Crippen LogP contribution in [-0.4, -0.2) is 34.2 Å². The number of methoxy groups -OCH3 is 1. The minimum Gasteiger partial charge on any atom is -0.504 e. The molecule has 0 aromatic heterocycles. The number of aromatic hydroxyl groups is 2. The van der Waals surface area contributed by atoms with Gasteiger partial charge >= 0.3 is 12.0 Å². The van der Waals surface area contributed by atoms with E-state index < -0.39 is 40.2 Å². The first-order chi connectivity index (χ1) is 14.7.